The molecule has 1 atom stereocenters. The molecule has 0 spiro atoms. The van der Waals surface area contributed by atoms with Gasteiger partial charge >= 0.3 is 0 Å². The maximum Gasteiger partial charge on any atom is 0.264 e. The number of carbonyl (C=O) groups excluding carboxylic acids is 2. The Morgan fingerprint density at radius 1 is 0.767 bits per heavy atom. The lowest BCUT2D eigenvalue weighted by atomic mass is 10.0. The Morgan fingerprint density at radius 2 is 1.33 bits per heavy atom. The molecule has 4 rings (SSSR count). The number of amides is 2. The van der Waals surface area contributed by atoms with Crippen molar-refractivity contribution in [3.63, 3.8) is 0 Å². The second-order valence-corrected chi connectivity index (χ2v) is 12.1. The monoisotopic (exact) mass is 605 g/mol. The minimum Gasteiger partial charge on any atom is -0.352 e. The van der Waals surface area contributed by atoms with Crippen LogP contribution in [0.5, 0.6) is 0 Å². The van der Waals surface area contributed by atoms with Crippen molar-refractivity contribution in [1.82, 2.24) is 10.2 Å². The van der Waals surface area contributed by atoms with E-state index in [1.54, 1.807) is 50.2 Å². The van der Waals surface area contributed by atoms with E-state index in [2.05, 4.69) is 5.32 Å². The number of rotatable bonds is 12. The quantitative estimate of drug-likeness (QED) is 0.237. The summed E-state index contributed by atoms with van der Waals surface area (Å²) in [6.07, 6.45) is 0.0741. The summed E-state index contributed by atoms with van der Waals surface area (Å²) in [4.78, 5) is 28.9. The Morgan fingerprint density at radius 3 is 1.93 bits per heavy atom. The van der Waals surface area contributed by atoms with E-state index in [1.807, 2.05) is 6.07 Å². The smallest absolute Gasteiger partial charge is 0.264 e. The third-order valence-electron chi connectivity index (χ3n) is 6.73. The molecule has 224 valence electrons. The summed E-state index contributed by atoms with van der Waals surface area (Å²) in [5, 5.41) is 2.83. The molecule has 0 fully saturated rings. The van der Waals surface area contributed by atoms with Crippen molar-refractivity contribution in [2.24, 2.45) is 0 Å². The average molecular weight is 606 g/mol. The number of carbonyl (C=O) groups is 2. The minimum atomic E-state index is -4.44. The van der Waals surface area contributed by atoms with Crippen molar-refractivity contribution in [3.05, 3.63) is 132 Å². The van der Waals surface area contributed by atoms with Crippen molar-refractivity contribution in [1.29, 1.82) is 0 Å². The molecule has 0 aliphatic rings. The summed E-state index contributed by atoms with van der Waals surface area (Å²) < 4.78 is 58.4. The molecular formula is C33H33F2N3O4S. The molecule has 10 heteroatoms. The summed E-state index contributed by atoms with van der Waals surface area (Å²) in [5.74, 6) is -2.75. The zero-order chi connectivity index (χ0) is 31.0. The first-order chi connectivity index (χ1) is 20.6. The van der Waals surface area contributed by atoms with Crippen LogP contribution in [0.25, 0.3) is 0 Å². The number of sulfonamides is 1. The van der Waals surface area contributed by atoms with Gasteiger partial charge in [-0.1, -0.05) is 78.9 Å². The van der Waals surface area contributed by atoms with E-state index in [9.17, 15) is 22.4 Å². The molecule has 1 N–H and O–H groups in total. The highest BCUT2D eigenvalue weighted by atomic mass is 32.2. The van der Waals surface area contributed by atoms with Crippen LogP contribution < -0.4 is 9.62 Å². The fraction of sp³-hybridized carbons (Fsp3) is 0.212. The van der Waals surface area contributed by atoms with Gasteiger partial charge in [0.1, 0.15) is 24.2 Å². The molecular weight excluding hydrogens is 572 g/mol. The summed E-state index contributed by atoms with van der Waals surface area (Å²) in [6.45, 7) is 2.37. The first-order valence-electron chi connectivity index (χ1n) is 13.8. The minimum absolute atomic E-state index is 0.0741. The van der Waals surface area contributed by atoms with Crippen LogP contribution >= 0.6 is 0 Å². The summed E-state index contributed by atoms with van der Waals surface area (Å²) >= 11 is 0. The molecule has 2 amide bonds. The van der Waals surface area contributed by atoms with Gasteiger partial charge in [-0.05, 0) is 49.7 Å². The van der Waals surface area contributed by atoms with E-state index in [1.165, 1.54) is 60.7 Å². The lowest BCUT2D eigenvalue weighted by Gasteiger charge is -2.34. The number of benzene rings is 4. The Balaban J connectivity index is 1.82. The molecule has 7 nitrogen and oxygen atoms in total. The normalized spacial score (nSPS) is 12.0. The van der Waals surface area contributed by atoms with Crippen molar-refractivity contribution >= 4 is 27.5 Å². The van der Waals surface area contributed by atoms with Crippen LogP contribution in [-0.2, 0) is 32.6 Å². The standard InChI is InChI=1S/C33H33F2N3O4S/c1-24(2)36-33(40)31(21-25-13-5-3-6-14-25)37(22-26-15-9-10-18-28(26)34)32(39)23-38(30-20-12-11-19-29(30)35)43(41,42)27-16-7-4-8-17-27/h3-20,24,31H,21-23H2,1-2H3,(H,36,40)/t31-/m0/s1. The van der Waals surface area contributed by atoms with Gasteiger partial charge in [0, 0.05) is 24.6 Å². The number of para-hydroxylation sites is 1. The molecule has 4 aromatic carbocycles. The van der Waals surface area contributed by atoms with Gasteiger partial charge in [-0.3, -0.25) is 13.9 Å². The van der Waals surface area contributed by atoms with E-state index in [0.717, 1.165) is 16.5 Å². The summed E-state index contributed by atoms with van der Waals surface area (Å²) in [7, 11) is -4.44. The average Bonchev–Trinajstić information content (AvgIpc) is 2.99. The van der Waals surface area contributed by atoms with Gasteiger partial charge < -0.3 is 10.2 Å². The van der Waals surface area contributed by atoms with Gasteiger partial charge in [0.2, 0.25) is 11.8 Å². The second kappa shape index (κ2) is 14.1. The van der Waals surface area contributed by atoms with E-state index in [-0.39, 0.29) is 35.2 Å². The Labute approximate surface area is 250 Å². The molecule has 4 aromatic rings. The third kappa shape index (κ3) is 7.84. The van der Waals surface area contributed by atoms with Crippen LogP contribution in [0.4, 0.5) is 14.5 Å². The summed E-state index contributed by atoms with van der Waals surface area (Å²) in [5.41, 5.74) is 0.534. The topological polar surface area (TPSA) is 86.8 Å². The lowest BCUT2D eigenvalue weighted by molar-refractivity contribution is -0.140. The molecule has 0 unspecified atom stereocenters. The van der Waals surface area contributed by atoms with Gasteiger partial charge in [0.15, 0.2) is 0 Å². The van der Waals surface area contributed by atoms with Gasteiger partial charge in [-0.15, -0.1) is 0 Å². The Bertz CT molecular complexity index is 1650. The number of hydrogen-bond acceptors (Lipinski definition) is 4. The van der Waals surface area contributed by atoms with Crippen LogP contribution in [0.1, 0.15) is 25.0 Å². The van der Waals surface area contributed by atoms with E-state index in [0.29, 0.717) is 4.31 Å². The van der Waals surface area contributed by atoms with Crippen LogP contribution in [0.3, 0.4) is 0 Å². The predicted molar refractivity (Wildman–Crippen MR) is 162 cm³/mol. The lowest BCUT2D eigenvalue weighted by Crippen LogP contribution is -2.54. The zero-order valence-electron chi connectivity index (χ0n) is 23.9. The third-order valence-corrected chi connectivity index (χ3v) is 8.51. The molecule has 0 saturated carbocycles. The number of anilines is 1. The van der Waals surface area contributed by atoms with E-state index < -0.39 is 46.1 Å². The highest BCUT2D eigenvalue weighted by molar-refractivity contribution is 7.92. The fourth-order valence-corrected chi connectivity index (χ4v) is 6.07. The highest BCUT2D eigenvalue weighted by Gasteiger charge is 2.35. The van der Waals surface area contributed by atoms with Crippen molar-refractivity contribution in [2.45, 2.75) is 43.8 Å². The molecule has 43 heavy (non-hydrogen) atoms. The number of hydrogen-bond donors (Lipinski definition) is 1. The maximum atomic E-state index is 15.1. The zero-order valence-corrected chi connectivity index (χ0v) is 24.7. The molecule has 0 heterocycles. The van der Waals surface area contributed by atoms with Crippen LogP contribution in [0.2, 0.25) is 0 Å². The van der Waals surface area contributed by atoms with Crippen LogP contribution in [0.15, 0.2) is 114 Å². The van der Waals surface area contributed by atoms with Crippen LogP contribution in [0, 0.1) is 11.6 Å². The summed E-state index contributed by atoms with van der Waals surface area (Å²) in [6, 6.07) is 26.0. The number of halogens is 2. The van der Waals surface area contributed by atoms with E-state index in [4.69, 9.17) is 0 Å². The van der Waals surface area contributed by atoms with Crippen molar-refractivity contribution in [2.75, 3.05) is 10.8 Å². The highest BCUT2D eigenvalue weighted by Crippen LogP contribution is 2.27. The fourth-order valence-electron chi connectivity index (χ4n) is 4.63. The molecule has 0 aromatic heterocycles. The molecule has 0 aliphatic carbocycles. The van der Waals surface area contributed by atoms with Crippen LogP contribution in [-0.4, -0.2) is 43.8 Å². The van der Waals surface area contributed by atoms with Crippen molar-refractivity contribution in [3.8, 4) is 0 Å². The number of nitrogens with one attached hydrogen (secondary N) is 1. The molecule has 0 radical (unpaired) electrons. The van der Waals surface area contributed by atoms with Gasteiger partial charge in [0.25, 0.3) is 10.0 Å². The first-order valence-corrected chi connectivity index (χ1v) is 15.2. The molecule has 0 bridgehead atoms. The van der Waals surface area contributed by atoms with Gasteiger partial charge in [0.05, 0.1) is 10.6 Å². The van der Waals surface area contributed by atoms with E-state index >= 15 is 4.39 Å². The SMILES string of the molecule is CC(C)NC(=O)[C@H](Cc1ccccc1)N(Cc1ccccc1F)C(=O)CN(c1ccccc1F)S(=O)(=O)c1ccccc1. The van der Waals surface area contributed by atoms with Gasteiger partial charge in [-0.2, -0.15) is 0 Å². The molecule has 0 aliphatic heterocycles. The molecule has 0 saturated heterocycles. The first kappa shape index (κ1) is 31.4. The Hall–Kier alpha value is -4.57. The number of nitrogens with zero attached hydrogens (tertiary/aromatic N) is 2. The largest absolute Gasteiger partial charge is 0.352 e. The maximum absolute atomic E-state index is 15.1. The Kier molecular flexibility index (Phi) is 10.3. The predicted octanol–water partition coefficient (Wildman–Crippen LogP) is 5.32. The second-order valence-electron chi connectivity index (χ2n) is 10.3. The van der Waals surface area contributed by atoms with Crippen molar-refractivity contribution < 1.29 is 26.8 Å². The van der Waals surface area contributed by atoms with Gasteiger partial charge in [-0.25, -0.2) is 17.2 Å².